The lowest BCUT2D eigenvalue weighted by atomic mass is 9.33. The second kappa shape index (κ2) is 12.0. The highest BCUT2D eigenvalue weighted by molar-refractivity contribution is 7.91. The number of allylic oxidation sites excluding steroid dienone is 3. The van der Waals surface area contributed by atoms with E-state index in [1.54, 1.807) is 12.1 Å². The van der Waals surface area contributed by atoms with Gasteiger partial charge in [-0.3, -0.25) is 0 Å². The van der Waals surface area contributed by atoms with Gasteiger partial charge in [-0.2, -0.15) is 0 Å². The standard InChI is InChI=1S/C42H62N2O4S/c1-28(2)31-14-19-42(43-22-23-44-24-26-49(47,48)27-25-44)21-20-40(6)33(36(31)42)12-13-35-39(5)17-15-32(29-8-10-30(11-9-29)37(45)46)38(3,4)34(39)16-18-41(35,40)7/h8-11,15,31,33-36,43H,1,12-14,16-27H2,2-7H3,(H,45,46). The van der Waals surface area contributed by atoms with Crippen LogP contribution in [0, 0.1) is 51.2 Å². The van der Waals surface area contributed by atoms with E-state index in [2.05, 4.69) is 64.4 Å². The lowest BCUT2D eigenvalue weighted by Crippen LogP contribution is -2.68. The van der Waals surface area contributed by atoms with Crippen LogP contribution in [0.5, 0.6) is 0 Å². The number of carbonyl (C=O) groups is 1. The van der Waals surface area contributed by atoms with Crippen molar-refractivity contribution in [2.75, 3.05) is 37.7 Å². The number of nitrogens with one attached hydrogen (secondary N) is 1. The maximum Gasteiger partial charge on any atom is 0.335 e. The molecule has 0 spiro atoms. The molecule has 0 radical (unpaired) electrons. The molecule has 1 heterocycles. The zero-order chi connectivity index (χ0) is 35.2. The highest BCUT2D eigenvalue weighted by Gasteiger charge is 2.70. The van der Waals surface area contributed by atoms with E-state index in [4.69, 9.17) is 0 Å². The van der Waals surface area contributed by atoms with E-state index in [0.717, 1.165) is 19.5 Å². The van der Waals surface area contributed by atoms with Gasteiger partial charge >= 0.3 is 5.97 Å². The molecule has 7 rings (SSSR count). The molecule has 4 saturated carbocycles. The number of hydrogen-bond donors (Lipinski definition) is 2. The van der Waals surface area contributed by atoms with Crippen LogP contribution in [-0.2, 0) is 9.84 Å². The molecule has 5 aliphatic carbocycles. The van der Waals surface area contributed by atoms with Gasteiger partial charge in [0.05, 0.1) is 17.1 Å². The van der Waals surface area contributed by atoms with Gasteiger partial charge in [0, 0.05) is 31.7 Å². The summed E-state index contributed by atoms with van der Waals surface area (Å²) in [5.74, 6) is 2.83. The molecule has 2 N–H and O–H groups in total. The van der Waals surface area contributed by atoms with Crippen LogP contribution in [-0.4, -0.2) is 67.6 Å². The van der Waals surface area contributed by atoms with Crippen molar-refractivity contribution in [3.05, 3.63) is 53.6 Å². The van der Waals surface area contributed by atoms with Gasteiger partial charge in [0.2, 0.25) is 0 Å². The van der Waals surface area contributed by atoms with E-state index in [1.165, 1.54) is 68.1 Å². The molecule has 1 aliphatic heterocycles. The molecule has 0 aromatic heterocycles. The zero-order valence-electron chi connectivity index (χ0n) is 31.1. The van der Waals surface area contributed by atoms with Crippen LogP contribution in [0.3, 0.4) is 0 Å². The van der Waals surface area contributed by atoms with E-state index < -0.39 is 15.8 Å². The fourth-order valence-electron chi connectivity index (χ4n) is 13.8. The number of hydrogen-bond acceptors (Lipinski definition) is 5. The predicted octanol–water partition coefficient (Wildman–Crippen LogP) is 8.11. The summed E-state index contributed by atoms with van der Waals surface area (Å²) in [7, 11) is -2.86. The quantitative estimate of drug-likeness (QED) is 0.281. The van der Waals surface area contributed by atoms with Crippen molar-refractivity contribution in [3.63, 3.8) is 0 Å². The Morgan fingerprint density at radius 3 is 2.27 bits per heavy atom. The Morgan fingerprint density at radius 2 is 1.61 bits per heavy atom. The first-order chi connectivity index (χ1) is 23.0. The van der Waals surface area contributed by atoms with Gasteiger partial charge in [-0.25, -0.2) is 13.2 Å². The molecule has 0 amide bonds. The molecule has 49 heavy (non-hydrogen) atoms. The maximum absolute atomic E-state index is 12.0. The van der Waals surface area contributed by atoms with E-state index >= 15 is 0 Å². The fraction of sp³-hybridized carbons (Fsp3) is 0.738. The lowest BCUT2D eigenvalue weighted by molar-refractivity contribution is -0.219. The van der Waals surface area contributed by atoms with Crippen molar-refractivity contribution in [3.8, 4) is 0 Å². The van der Waals surface area contributed by atoms with Crippen molar-refractivity contribution in [1.29, 1.82) is 0 Å². The number of rotatable bonds is 7. The number of carboxylic acid groups (broad SMARTS) is 1. The fourth-order valence-corrected chi connectivity index (χ4v) is 15.1. The zero-order valence-corrected chi connectivity index (χ0v) is 31.9. The van der Waals surface area contributed by atoms with Crippen LogP contribution >= 0.6 is 0 Å². The number of fused-ring (bicyclic) bond motifs is 7. The van der Waals surface area contributed by atoms with Gasteiger partial charge in [0.15, 0.2) is 9.84 Å². The smallest absolute Gasteiger partial charge is 0.335 e. The van der Waals surface area contributed by atoms with Crippen molar-refractivity contribution in [2.24, 2.45) is 51.2 Å². The van der Waals surface area contributed by atoms with Crippen LogP contribution in [0.1, 0.15) is 115 Å². The van der Waals surface area contributed by atoms with Crippen molar-refractivity contribution in [1.82, 2.24) is 10.2 Å². The summed E-state index contributed by atoms with van der Waals surface area (Å²) >= 11 is 0. The minimum absolute atomic E-state index is 0.0114. The average molecular weight is 691 g/mol. The highest BCUT2D eigenvalue weighted by atomic mass is 32.2. The van der Waals surface area contributed by atoms with Crippen LogP contribution in [0.15, 0.2) is 42.5 Å². The summed E-state index contributed by atoms with van der Waals surface area (Å²) in [5.41, 5.74) is 5.23. The Labute approximate surface area is 296 Å². The van der Waals surface area contributed by atoms with Crippen molar-refractivity contribution in [2.45, 2.75) is 105 Å². The predicted molar refractivity (Wildman–Crippen MR) is 199 cm³/mol. The minimum Gasteiger partial charge on any atom is -0.478 e. The van der Waals surface area contributed by atoms with E-state index in [0.29, 0.717) is 59.7 Å². The second-order valence-electron chi connectivity index (χ2n) is 18.7. The Morgan fingerprint density at radius 1 is 0.918 bits per heavy atom. The topological polar surface area (TPSA) is 86.7 Å². The van der Waals surface area contributed by atoms with Crippen LogP contribution < -0.4 is 5.32 Å². The first-order valence-electron chi connectivity index (χ1n) is 19.4. The summed E-state index contributed by atoms with van der Waals surface area (Å²) in [6, 6.07) is 7.58. The molecule has 1 aromatic carbocycles. The largest absolute Gasteiger partial charge is 0.478 e. The molecule has 1 aromatic rings. The molecule has 7 heteroatoms. The van der Waals surface area contributed by atoms with Gasteiger partial charge in [0.1, 0.15) is 0 Å². The Kier molecular flexibility index (Phi) is 8.72. The lowest BCUT2D eigenvalue weighted by Gasteiger charge is -2.72. The van der Waals surface area contributed by atoms with Gasteiger partial charge in [-0.15, -0.1) is 0 Å². The number of benzene rings is 1. The molecule has 0 bridgehead atoms. The van der Waals surface area contributed by atoms with E-state index in [-0.39, 0.29) is 27.2 Å². The monoisotopic (exact) mass is 690 g/mol. The van der Waals surface area contributed by atoms with Gasteiger partial charge in [-0.05, 0) is 139 Å². The van der Waals surface area contributed by atoms with E-state index in [1.807, 2.05) is 12.1 Å². The third-order valence-electron chi connectivity index (χ3n) is 16.4. The molecule has 9 atom stereocenters. The number of carboxylic acids is 1. The first kappa shape index (κ1) is 35.4. The van der Waals surface area contributed by atoms with Crippen LogP contribution in [0.25, 0.3) is 5.57 Å². The maximum atomic E-state index is 12.0. The first-order valence-corrected chi connectivity index (χ1v) is 21.2. The third kappa shape index (κ3) is 5.45. The van der Waals surface area contributed by atoms with Gasteiger partial charge < -0.3 is 15.3 Å². The molecular formula is C42H62N2O4S. The summed E-state index contributed by atoms with van der Waals surface area (Å²) in [5, 5.41) is 13.7. The molecule has 6 nitrogen and oxygen atoms in total. The van der Waals surface area contributed by atoms with Crippen LogP contribution in [0.4, 0.5) is 0 Å². The highest BCUT2D eigenvalue weighted by Crippen LogP contribution is 2.76. The average Bonchev–Trinajstić information content (AvgIpc) is 3.42. The molecule has 6 aliphatic rings. The number of nitrogens with zero attached hydrogens (tertiary/aromatic N) is 1. The number of sulfone groups is 1. The molecule has 5 fully saturated rings. The van der Waals surface area contributed by atoms with Crippen molar-refractivity contribution >= 4 is 21.4 Å². The minimum atomic E-state index is -2.86. The molecule has 270 valence electrons. The Balaban J connectivity index is 1.15. The Hall–Kier alpha value is -1.96. The van der Waals surface area contributed by atoms with Gasteiger partial charge in [0.25, 0.3) is 0 Å². The summed E-state index contributed by atoms with van der Waals surface area (Å²) in [6.45, 7) is 23.0. The van der Waals surface area contributed by atoms with Crippen LogP contribution in [0.2, 0.25) is 0 Å². The molecule has 9 unspecified atom stereocenters. The molecular weight excluding hydrogens is 629 g/mol. The second-order valence-corrected chi connectivity index (χ2v) is 21.0. The normalized spacial score (nSPS) is 42.6. The third-order valence-corrected chi connectivity index (χ3v) is 18.0. The summed E-state index contributed by atoms with van der Waals surface area (Å²) in [6.07, 6.45) is 13.7. The summed E-state index contributed by atoms with van der Waals surface area (Å²) in [4.78, 5) is 13.9. The SMILES string of the molecule is C=C(C)C1CCC2(NCCN3CCS(=O)(=O)CC3)CCC3(C)C(CCC4C5(C)CC=C(c6ccc(C(=O)O)cc6)C(C)(C)C5CCC43C)C12. The Bertz CT molecular complexity index is 1620. The van der Waals surface area contributed by atoms with Gasteiger partial charge in [-0.1, -0.05) is 65.0 Å². The molecule has 1 saturated heterocycles. The van der Waals surface area contributed by atoms with E-state index in [9.17, 15) is 18.3 Å². The number of aromatic carboxylic acids is 1. The van der Waals surface area contributed by atoms with Crippen molar-refractivity contribution < 1.29 is 18.3 Å². The summed E-state index contributed by atoms with van der Waals surface area (Å²) < 4.78 is 24.0.